The molecule has 1 aliphatic heterocycles. The zero-order chi connectivity index (χ0) is 16.8. The summed E-state index contributed by atoms with van der Waals surface area (Å²) in [6, 6.07) is 2.40. The number of hydrogen-bond donors (Lipinski definition) is 2. The predicted octanol–water partition coefficient (Wildman–Crippen LogP) is 3.04. The molecule has 0 fully saturated rings. The summed E-state index contributed by atoms with van der Waals surface area (Å²) < 4.78 is 1.11. The third-order valence-corrected chi connectivity index (χ3v) is 6.93. The van der Waals surface area contributed by atoms with Crippen LogP contribution in [0, 0.1) is 0 Å². The number of thiazole rings is 1. The molecule has 24 heavy (non-hydrogen) atoms. The van der Waals surface area contributed by atoms with E-state index >= 15 is 0 Å². The van der Waals surface area contributed by atoms with E-state index in [1.54, 1.807) is 35.1 Å². The Morgan fingerprint density at radius 3 is 3.04 bits per heavy atom. The van der Waals surface area contributed by atoms with Crippen molar-refractivity contribution < 1.29 is 4.79 Å². The first kappa shape index (κ1) is 15.7. The Labute approximate surface area is 147 Å². The lowest BCUT2D eigenvalue weighted by Crippen LogP contribution is -2.32. The molecule has 1 unspecified atom stereocenters. The number of aromatic nitrogens is 2. The first-order chi connectivity index (χ1) is 11.5. The number of amides is 1. The summed E-state index contributed by atoms with van der Waals surface area (Å²) in [5, 5.41) is 4.46. The topological polar surface area (TPSA) is 80.9 Å². The van der Waals surface area contributed by atoms with E-state index in [0.29, 0.717) is 6.04 Å². The molecule has 0 spiro atoms. The predicted molar refractivity (Wildman–Crippen MR) is 98.3 cm³/mol. The van der Waals surface area contributed by atoms with Crippen LogP contribution >= 0.6 is 22.7 Å². The van der Waals surface area contributed by atoms with Gasteiger partial charge in [-0.3, -0.25) is 9.78 Å². The molecule has 4 rings (SSSR count). The summed E-state index contributed by atoms with van der Waals surface area (Å²) in [5.74, 6) is -0.602. The molecule has 0 aromatic carbocycles. The van der Waals surface area contributed by atoms with Gasteiger partial charge in [0.2, 0.25) is 5.91 Å². The number of primary amides is 1. The molecule has 3 aromatic heterocycles. The molecule has 2 atom stereocenters. The number of thiophene rings is 1. The second-order valence-electron chi connectivity index (χ2n) is 6.22. The maximum Gasteiger partial charge on any atom is 0.225 e. The zero-order valence-electron chi connectivity index (χ0n) is 13.5. The molecule has 124 valence electrons. The maximum absolute atomic E-state index is 11.8. The van der Waals surface area contributed by atoms with Gasteiger partial charge in [-0.1, -0.05) is 0 Å². The molecule has 0 aliphatic carbocycles. The van der Waals surface area contributed by atoms with Crippen LogP contribution in [-0.2, 0) is 17.8 Å². The number of pyridine rings is 1. The van der Waals surface area contributed by atoms with E-state index in [1.165, 1.54) is 10.4 Å². The summed E-state index contributed by atoms with van der Waals surface area (Å²) >= 11 is 3.35. The van der Waals surface area contributed by atoms with Crippen molar-refractivity contribution in [3.63, 3.8) is 0 Å². The van der Waals surface area contributed by atoms with Gasteiger partial charge in [-0.25, -0.2) is 4.98 Å². The van der Waals surface area contributed by atoms with Crippen molar-refractivity contribution in [2.45, 2.75) is 38.8 Å². The smallest absolute Gasteiger partial charge is 0.225 e. The number of nitrogens with one attached hydrogen (secondary N) is 1. The Balaban J connectivity index is 1.94. The lowest BCUT2D eigenvalue weighted by atomic mass is 9.95. The molecule has 0 saturated heterocycles. The van der Waals surface area contributed by atoms with Crippen molar-refractivity contribution in [1.82, 2.24) is 15.3 Å². The van der Waals surface area contributed by atoms with E-state index in [0.717, 1.165) is 38.6 Å². The molecular formula is C17H18N4OS2. The summed E-state index contributed by atoms with van der Waals surface area (Å²) in [7, 11) is 0. The van der Waals surface area contributed by atoms with Crippen LogP contribution in [0.25, 0.3) is 20.8 Å². The Bertz CT molecular complexity index is 897. The third kappa shape index (κ3) is 2.53. The lowest BCUT2D eigenvalue weighted by Gasteiger charge is -2.20. The molecule has 5 nitrogen and oxygen atoms in total. The third-order valence-electron chi connectivity index (χ3n) is 4.46. The minimum atomic E-state index is -0.309. The largest absolute Gasteiger partial charge is 0.369 e. The van der Waals surface area contributed by atoms with Crippen LogP contribution in [0.2, 0.25) is 0 Å². The highest BCUT2D eigenvalue weighted by molar-refractivity contribution is 7.22. The average molecular weight is 358 g/mol. The van der Waals surface area contributed by atoms with Crippen LogP contribution < -0.4 is 11.1 Å². The highest BCUT2D eigenvalue weighted by Gasteiger charge is 2.29. The highest BCUT2D eigenvalue weighted by atomic mass is 32.1. The van der Waals surface area contributed by atoms with Crippen LogP contribution in [0.5, 0.6) is 0 Å². The fourth-order valence-corrected chi connectivity index (χ4v) is 5.52. The Morgan fingerprint density at radius 1 is 1.46 bits per heavy atom. The molecule has 1 aliphatic rings. The van der Waals surface area contributed by atoms with Crippen LogP contribution in [0.3, 0.4) is 0 Å². The van der Waals surface area contributed by atoms with Gasteiger partial charge in [0, 0.05) is 34.1 Å². The van der Waals surface area contributed by atoms with Crippen LogP contribution in [-0.4, -0.2) is 21.9 Å². The van der Waals surface area contributed by atoms with Gasteiger partial charge in [0.05, 0.1) is 16.8 Å². The minimum Gasteiger partial charge on any atom is -0.369 e. The molecule has 0 saturated carbocycles. The summed E-state index contributed by atoms with van der Waals surface area (Å²) in [6.45, 7) is 4.91. The minimum absolute atomic E-state index is 0.293. The van der Waals surface area contributed by atoms with E-state index < -0.39 is 0 Å². The summed E-state index contributed by atoms with van der Waals surface area (Å²) in [6.07, 6.45) is 4.52. The maximum atomic E-state index is 11.8. The van der Waals surface area contributed by atoms with Crippen molar-refractivity contribution in [3.8, 4) is 10.6 Å². The van der Waals surface area contributed by atoms with Crippen molar-refractivity contribution in [3.05, 3.63) is 33.8 Å². The van der Waals surface area contributed by atoms with Gasteiger partial charge in [0.1, 0.15) is 10.5 Å². The van der Waals surface area contributed by atoms with Gasteiger partial charge >= 0.3 is 0 Å². The average Bonchev–Trinajstić information content (AvgIpc) is 3.13. The fourth-order valence-electron chi connectivity index (χ4n) is 3.09. The second kappa shape index (κ2) is 5.91. The van der Waals surface area contributed by atoms with Gasteiger partial charge in [-0.2, -0.15) is 0 Å². The summed E-state index contributed by atoms with van der Waals surface area (Å²) in [5.41, 5.74) is 8.94. The number of hydrogen-bond acceptors (Lipinski definition) is 6. The second-order valence-corrected chi connectivity index (χ2v) is 8.38. The van der Waals surface area contributed by atoms with E-state index in [1.807, 2.05) is 13.0 Å². The van der Waals surface area contributed by atoms with Gasteiger partial charge < -0.3 is 11.1 Å². The van der Waals surface area contributed by atoms with Crippen molar-refractivity contribution in [1.29, 1.82) is 0 Å². The molecule has 4 heterocycles. The van der Waals surface area contributed by atoms with Crippen LogP contribution in [0.1, 0.15) is 35.1 Å². The SMILES string of the molecule is CC(C(N)=O)c1sc2c(c1-c1nc3cnccc3s1)C[C@@H](C)NC2. The number of fused-ring (bicyclic) bond motifs is 2. The molecule has 0 radical (unpaired) electrons. The van der Waals surface area contributed by atoms with Gasteiger partial charge in [0.15, 0.2) is 0 Å². The molecule has 3 aromatic rings. The van der Waals surface area contributed by atoms with Gasteiger partial charge in [-0.15, -0.1) is 22.7 Å². The Morgan fingerprint density at radius 2 is 2.29 bits per heavy atom. The van der Waals surface area contributed by atoms with Gasteiger partial charge in [0.25, 0.3) is 0 Å². The highest BCUT2D eigenvalue weighted by Crippen LogP contribution is 2.44. The molecule has 7 heteroatoms. The molecule has 3 N–H and O–H groups in total. The van der Waals surface area contributed by atoms with Crippen molar-refractivity contribution in [2.75, 3.05) is 0 Å². The number of carbonyl (C=O) groups excluding carboxylic acids is 1. The molecule has 0 bridgehead atoms. The van der Waals surface area contributed by atoms with E-state index in [9.17, 15) is 4.79 Å². The lowest BCUT2D eigenvalue weighted by molar-refractivity contribution is -0.119. The van der Waals surface area contributed by atoms with E-state index in [2.05, 4.69) is 17.2 Å². The van der Waals surface area contributed by atoms with Crippen LogP contribution in [0.15, 0.2) is 18.5 Å². The van der Waals surface area contributed by atoms with E-state index in [4.69, 9.17) is 10.7 Å². The van der Waals surface area contributed by atoms with E-state index in [-0.39, 0.29) is 11.8 Å². The first-order valence-corrected chi connectivity index (χ1v) is 9.56. The molecular weight excluding hydrogens is 340 g/mol. The standard InChI is InChI=1S/C17H18N4OS2/c1-8-5-10-13(7-20-8)23-15(9(2)16(18)22)14(10)17-21-11-6-19-4-3-12(11)24-17/h3-4,6,8-9,20H,5,7H2,1-2H3,(H2,18,22)/t8-,9?/m1/s1. The van der Waals surface area contributed by atoms with Crippen molar-refractivity contribution >= 4 is 38.8 Å². The number of nitrogens with zero attached hydrogens (tertiary/aromatic N) is 2. The zero-order valence-corrected chi connectivity index (χ0v) is 15.1. The quantitative estimate of drug-likeness (QED) is 0.754. The Kier molecular flexibility index (Phi) is 3.86. The normalized spacial score (nSPS) is 18.5. The van der Waals surface area contributed by atoms with Crippen LogP contribution in [0.4, 0.5) is 0 Å². The monoisotopic (exact) mass is 358 g/mol. The number of rotatable bonds is 3. The number of nitrogens with two attached hydrogens (primary N) is 1. The van der Waals surface area contributed by atoms with Gasteiger partial charge in [-0.05, 0) is 31.9 Å². The number of carbonyl (C=O) groups is 1. The first-order valence-electron chi connectivity index (χ1n) is 7.92. The Hall–Kier alpha value is -1.83. The summed E-state index contributed by atoms with van der Waals surface area (Å²) in [4.78, 5) is 23.1. The van der Waals surface area contributed by atoms with Crippen molar-refractivity contribution in [2.24, 2.45) is 5.73 Å². The fraction of sp³-hybridized carbons (Fsp3) is 0.353. The molecule has 1 amide bonds.